The van der Waals surface area contributed by atoms with Crippen LogP contribution < -0.4 is 25.5 Å². The fraction of sp³-hybridized carbons (Fsp3) is 0.280. The molecule has 0 aromatic heterocycles. The molecule has 3 N–H and O–H groups in total. The van der Waals surface area contributed by atoms with Gasteiger partial charge >= 0.3 is 12.0 Å². The average Bonchev–Trinajstić information content (AvgIpc) is 2.87. The van der Waals surface area contributed by atoms with Gasteiger partial charge in [0.2, 0.25) is 0 Å². The summed E-state index contributed by atoms with van der Waals surface area (Å²) in [7, 11) is 1.45. The second-order valence-corrected chi connectivity index (χ2v) is 8.44. The maximum absolute atomic E-state index is 12.5. The summed E-state index contributed by atoms with van der Waals surface area (Å²) in [6.07, 6.45) is 3.54. The van der Waals surface area contributed by atoms with Crippen LogP contribution in [-0.2, 0) is 14.3 Å². The predicted octanol–water partition coefficient (Wildman–Crippen LogP) is 3.14. The van der Waals surface area contributed by atoms with Gasteiger partial charge < -0.3 is 24.8 Å². The van der Waals surface area contributed by atoms with E-state index in [1.807, 2.05) is 30.5 Å². The number of allylic oxidation sites excluding steroid dienone is 1. The van der Waals surface area contributed by atoms with Crippen LogP contribution in [0.3, 0.4) is 0 Å². The molecule has 0 spiro atoms. The highest BCUT2D eigenvalue weighted by Gasteiger charge is 2.32. The molecule has 10 nitrogen and oxygen atoms in total. The van der Waals surface area contributed by atoms with E-state index < -0.39 is 23.9 Å². The molecular formula is C25H28N4O6S. The highest BCUT2D eigenvalue weighted by atomic mass is 32.2. The molecule has 0 saturated heterocycles. The first-order valence-corrected chi connectivity index (χ1v) is 12.3. The second kappa shape index (κ2) is 12.6. The standard InChI is InChI=1S/C25H28N4O6S/c1-5-34-24(31)22-15(2)27-25(32)28-23(22)17-8-11-19(20(12-17)33-3)35-14-21(30)29-26-13-16-6-9-18(36-4)10-7-16/h6-13,23H,5,14H2,1-4H3,(H,29,30)(H2,27,28,32)/b26-13-/t23-/m0/s1. The molecule has 3 rings (SSSR count). The van der Waals surface area contributed by atoms with Gasteiger partial charge in [-0.05, 0) is 55.5 Å². The van der Waals surface area contributed by atoms with Crippen molar-refractivity contribution in [3.05, 3.63) is 64.9 Å². The van der Waals surface area contributed by atoms with Crippen LogP contribution in [-0.4, -0.2) is 50.7 Å². The number of benzene rings is 2. The van der Waals surface area contributed by atoms with E-state index in [9.17, 15) is 14.4 Å². The van der Waals surface area contributed by atoms with E-state index in [0.717, 1.165) is 10.5 Å². The van der Waals surface area contributed by atoms with Crippen molar-refractivity contribution in [3.8, 4) is 11.5 Å². The lowest BCUT2D eigenvalue weighted by Gasteiger charge is -2.28. The Hall–Kier alpha value is -3.99. The Bertz CT molecular complexity index is 1180. The minimum Gasteiger partial charge on any atom is -0.493 e. The molecule has 0 bridgehead atoms. The minimum atomic E-state index is -0.747. The van der Waals surface area contributed by atoms with Gasteiger partial charge in [0.15, 0.2) is 18.1 Å². The monoisotopic (exact) mass is 512 g/mol. The quantitative estimate of drug-likeness (QED) is 0.193. The molecule has 2 aromatic rings. The maximum atomic E-state index is 12.5. The number of nitrogens with zero attached hydrogens (tertiary/aromatic N) is 1. The Morgan fingerprint density at radius 2 is 1.92 bits per heavy atom. The maximum Gasteiger partial charge on any atom is 0.338 e. The van der Waals surface area contributed by atoms with Crippen molar-refractivity contribution in [2.45, 2.75) is 24.8 Å². The van der Waals surface area contributed by atoms with Gasteiger partial charge in [-0.2, -0.15) is 5.10 Å². The summed E-state index contributed by atoms with van der Waals surface area (Å²) >= 11 is 1.64. The number of amides is 3. The molecule has 0 radical (unpaired) electrons. The molecular weight excluding hydrogens is 484 g/mol. The largest absolute Gasteiger partial charge is 0.493 e. The highest BCUT2D eigenvalue weighted by Crippen LogP contribution is 2.34. The second-order valence-electron chi connectivity index (χ2n) is 7.56. The van der Waals surface area contributed by atoms with E-state index in [2.05, 4.69) is 21.2 Å². The minimum absolute atomic E-state index is 0.197. The molecule has 0 aliphatic carbocycles. The number of ether oxygens (including phenoxy) is 3. The lowest BCUT2D eigenvalue weighted by atomic mass is 9.95. The molecule has 36 heavy (non-hydrogen) atoms. The Morgan fingerprint density at radius 1 is 1.17 bits per heavy atom. The van der Waals surface area contributed by atoms with Crippen LogP contribution in [0.15, 0.2) is 63.7 Å². The van der Waals surface area contributed by atoms with Crippen LogP contribution in [0.2, 0.25) is 0 Å². The molecule has 3 amide bonds. The Kier molecular flexibility index (Phi) is 9.34. The average molecular weight is 513 g/mol. The third kappa shape index (κ3) is 6.79. The fourth-order valence-corrected chi connectivity index (χ4v) is 3.86. The van der Waals surface area contributed by atoms with Crippen molar-refractivity contribution in [1.29, 1.82) is 0 Å². The number of rotatable bonds is 10. The van der Waals surface area contributed by atoms with E-state index in [-0.39, 0.29) is 18.8 Å². The molecule has 0 fully saturated rings. The first kappa shape index (κ1) is 26.6. The summed E-state index contributed by atoms with van der Waals surface area (Å²) in [5.41, 5.74) is 4.54. The van der Waals surface area contributed by atoms with Crippen molar-refractivity contribution >= 4 is 35.9 Å². The number of esters is 1. The summed E-state index contributed by atoms with van der Waals surface area (Å²) in [5, 5.41) is 9.26. The zero-order chi connectivity index (χ0) is 26.1. The van der Waals surface area contributed by atoms with Crippen LogP contribution in [0.25, 0.3) is 0 Å². The molecule has 1 aliphatic rings. The Morgan fingerprint density at radius 3 is 2.58 bits per heavy atom. The highest BCUT2D eigenvalue weighted by molar-refractivity contribution is 7.98. The number of carbonyl (C=O) groups is 3. The Labute approximate surface area is 213 Å². The van der Waals surface area contributed by atoms with Gasteiger partial charge in [-0.3, -0.25) is 4.79 Å². The zero-order valence-electron chi connectivity index (χ0n) is 20.4. The zero-order valence-corrected chi connectivity index (χ0v) is 21.2. The summed E-state index contributed by atoms with van der Waals surface area (Å²) < 4.78 is 16.2. The molecule has 2 aromatic carbocycles. The summed E-state index contributed by atoms with van der Waals surface area (Å²) in [4.78, 5) is 37.9. The molecule has 0 unspecified atom stereocenters. The number of urea groups is 1. The van der Waals surface area contributed by atoms with Gasteiger partial charge in [-0.25, -0.2) is 15.0 Å². The van der Waals surface area contributed by atoms with Gasteiger partial charge in [0.05, 0.1) is 31.5 Å². The number of hydrogen-bond acceptors (Lipinski definition) is 8. The summed E-state index contributed by atoms with van der Waals surface area (Å²) in [6.45, 7) is 3.24. The molecule has 1 aliphatic heterocycles. The number of hydrogen-bond donors (Lipinski definition) is 3. The molecule has 190 valence electrons. The molecule has 11 heteroatoms. The fourth-order valence-electron chi connectivity index (χ4n) is 3.45. The van der Waals surface area contributed by atoms with Crippen molar-refractivity contribution in [3.63, 3.8) is 0 Å². The van der Waals surface area contributed by atoms with Crippen molar-refractivity contribution < 1.29 is 28.6 Å². The third-order valence-corrected chi connectivity index (χ3v) is 5.91. The number of hydrazone groups is 1. The predicted molar refractivity (Wildman–Crippen MR) is 136 cm³/mol. The van der Waals surface area contributed by atoms with Gasteiger partial charge in [-0.1, -0.05) is 18.2 Å². The smallest absolute Gasteiger partial charge is 0.338 e. The van der Waals surface area contributed by atoms with Crippen LogP contribution in [0.1, 0.15) is 31.0 Å². The van der Waals surface area contributed by atoms with Crippen LogP contribution in [0, 0.1) is 0 Å². The first-order chi connectivity index (χ1) is 17.4. The molecule has 1 heterocycles. The van der Waals surface area contributed by atoms with Crippen LogP contribution in [0.4, 0.5) is 4.79 Å². The van der Waals surface area contributed by atoms with Crippen molar-refractivity contribution in [2.75, 3.05) is 26.6 Å². The summed E-state index contributed by atoms with van der Waals surface area (Å²) in [6, 6.07) is 11.5. The Balaban J connectivity index is 1.67. The number of methoxy groups -OCH3 is 1. The molecule has 1 atom stereocenters. The van der Waals surface area contributed by atoms with E-state index in [0.29, 0.717) is 22.8 Å². The van der Waals surface area contributed by atoms with E-state index in [4.69, 9.17) is 14.2 Å². The summed E-state index contributed by atoms with van der Waals surface area (Å²) in [5.74, 6) is -0.353. The topological polar surface area (TPSA) is 127 Å². The number of thioether (sulfide) groups is 1. The lowest BCUT2D eigenvalue weighted by molar-refractivity contribution is -0.139. The number of carbonyl (C=O) groups excluding carboxylic acids is 3. The van der Waals surface area contributed by atoms with Gasteiger partial charge in [0.25, 0.3) is 5.91 Å². The van der Waals surface area contributed by atoms with Crippen molar-refractivity contribution in [2.24, 2.45) is 5.10 Å². The SMILES string of the molecule is CCOC(=O)C1=C(C)NC(=O)N[C@H]1c1ccc(OCC(=O)N/N=C\c2ccc(SC)cc2)c(OC)c1. The van der Waals surface area contributed by atoms with Gasteiger partial charge in [0, 0.05) is 10.6 Å². The van der Waals surface area contributed by atoms with E-state index >= 15 is 0 Å². The van der Waals surface area contributed by atoms with Crippen LogP contribution in [0.5, 0.6) is 11.5 Å². The van der Waals surface area contributed by atoms with Crippen molar-refractivity contribution in [1.82, 2.24) is 16.1 Å². The van der Waals surface area contributed by atoms with E-state index in [1.54, 1.807) is 50.0 Å². The molecule has 0 saturated carbocycles. The lowest BCUT2D eigenvalue weighted by Crippen LogP contribution is -2.45. The number of nitrogens with one attached hydrogen (secondary N) is 3. The van der Waals surface area contributed by atoms with Gasteiger partial charge in [0.1, 0.15) is 0 Å². The van der Waals surface area contributed by atoms with Gasteiger partial charge in [-0.15, -0.1) is 11.8 Å². The third-order valence-electron chi connectivity index (χ3n) is 5.16. The first-order valence-electron chi connectivity index (χ1n) is 11.1. The van der Waals surface area contributed by atoms with E-state index in [1.165, 1.54) is 7.11 Å². The normalized spacial score (nSPS) is 15.2. The van der Waals surface area contributed by atoms with Crippen LogP contribution >= 0.6 is 11.8 Å².